The number of ether oxygens (including phenoxy) is 1. The minimum Gasteiger partial charge on any atom is -0.451 e. The summed E-state index contributed by atoms with van der Waals surface area (Å²) in [6.45, 7) is 4.21. The van der Waals surface area contributed by atoms with E-state index in [-0.39, 0.29) is 6.04 Å². The molecule has 2 rings (SSSR count). The van der Waals surface area contributed by atoms with Crippen molar-refractivity contribution in [2.75, 3.05) is 6.54 Å². The van der Waals surface area contributed by atoms with Gasteiger partial charge in [-0.3, -0.25) is 29.4 Å². The third-order valence-electron chi connectivity index (χ3n) is 4.22. The lowest BCUT2D eigenvalue weighted by molar-refractivity contribution is -0.159. The van der Waals surface area contributed by atoms with E-state index < -0.39 is 54.2 Å². The second kappa shape index (κ2) is 8.11. The van der Waals surface area contributed by atoms with Crippen LogP contribution < -0.4 is 10.6 Å². The van der Waals surface area contributed by atoms with Gasteiger partial charge in [-0.1, -0.05) is 12.2 Å². The third-order valence-corrected chi connectivity index (χ3v) is 4.22. The Morgan fingerprint density at radius 1 is 1.12 bits per heavy atom. The van der Waals surface area contributed by atoms with Crippen LogP contribution in [0.2, 0.25) is 0 Å². The maximum absolute atomic E-state index is 12.3. The number of nitrogens with one attached hydrogen (secondary N) is 2. The fourth-order valence-corrected chi connectivity index (χ4v) is 2.95. The lowest BCUT2D eigenvalue weighted by atomic mass is 9.85. The Morgan fingerprint density at radius 3 is 2.15 bits per heavy atom. The lowest BCUT2D eigenvalue weighted by Crippen LogP contribution is -2.47. The monoisotopic (exact) mass is 365 g/mol. The quantitative estimate of drug-likeness (QED) is 0.405. The van der Waals surface area contributed by atoms with Gasteiger partial charge in [0, 0.05) is 6.04 Å². The maximum atomic E-state index is 12.3. The molecule has 0 aromatic heterocycles. The molecular weight excluding hydrogens is 342 g/mol. The number of hydrogen-bond acceptors (Lipinski definition) is 6. The fraction of sp³-hybridized carbons (Fsp3) is 0.588. The van der Waals surface area contributed by atoms with Crippen LogP contribution in [0.3, 0.4) is 0 Å². The summed E-state index contributed by atoms with van der Waals surface area (Å²) in [4.78, 5) is 60.8. The molecule has 9 nitrogen and oxygen atoms in total. The molecule has 3 atom stereocenters. The van der Waals surface area contributed by atoms with E-state index in [2.05, 4.69) is 5.32 Å². The maximum Gasteiger partial charge on any atom is 0.326 e. The van der Waals surface area contributed by atoms with Gasteiger partial charge in [-0.15, -0.1) is 0 Å². The summed E-state index contributed by atoms with van der Waals surface area (Å²) < 4.78 is 4.94. The summed E-state index contributed by atoms with van der Waals surface area (Å²) >= 11 is 0. The molecule has 2 aliphatic rings. The number of carbonyl (C=O) groups is 5. The zero-order valence-electron chi connectivity index (χ0n) is 15.0. The Hall–Kier alpha value is -2.71. The van der Waals surface area contributed by atoms with Crippen LogP contribution in [0.25, 0.3) is 0 Å². The van der Waals surface area contributed by atoms with Crippen molar-refractivity contribution in [3.05, 3.63) is 12.2 Å². The first-order valence-corrected chi connectivity index (χ1v) is 8.51. The lowest BCUT2D eigenvalue weighted by Gasteiger charge is -2.17. The second-order valence-electron chi connectivity index (χ2n) is 6.67. The zero-order chi connectivity index (χ0) is 19.4. The highest BCUT2D eigenvalue weighted by molar-refractivity contribution is 6.07. The van der Waals surface area contributed by atoms with E-state index >= 15 is 0 Å². The van der Waals surface area contributed by atoms with Gasteiger partial charge in [-0.25, -0.2) is 4.79 Å². The Bertz CT molecular complexity index is 631. The number of nitrogens with zero attached hydrogens (tertiary/aromatic N) is 1. The summed E-state index contributed by atoms with van der Waals surface area (Å²) in [6, 6.07) is -0.861. The van der Waals surface area contributed by atoms with Gasteiger partial charge in [0.25, 0.3) is 5.91 Å². The normalized spacial score (nSPS) is 22.8. The molecule has 1 aliphatic heterocycles. The molecule has 5 amide bonds. The zero-order valence-corrected chi connectivity index (χ0v) is 15.0. The van der Waals surface area contributed by atoms with Crippen molar-refractivity contribution in [2.45, 2.75) is 45.8 Å². The van der Waals surface area contributed by atoms with Crippen molar-refractivity contribution in [3.63, 3.8) is 0 Å². The molecule has 0 spiro atoms. The molecule has 0 aromatic carbocycles. The van der Waals surface area contributed by atoms with Crippen LogP contribution in [0.15, 0.2) is 12.2 Å². The average Bonchev–Trinajstić information content (AvgIpc) is 2.79. The Labute approximate surface area is 151 Å². The molecule has 26 heavy (non-hydrogen) atoms. The van der Waals surface area contributed by atoms with Crippen molar-refractivity contribution >= 4 is 29.7 Å². The van der Waals surface area contributed by atoms with Crippen LogP contribution in [0.1, 0.15) is 33.6 Å². The molecule has 0 radical (unpaired) electrons. The van der Waals surface area contributed by atoms with Crippen molar-refractivity contribution in [1.29, 1.82) is 0 Å². The van der Waals surface area contributed by atoms with Gasteiger partial charge in [0.05, 0.1) is 11.8 Å². The third kappa shape index (κ3) is 4.47. The van der Waals surface area contributed by atoms with Gasteiger partial charge in [0.2, 0.25) is 11.8 Å². The molecule has 1 heterocycles. The highest BCUT2D eigenvalue weighted by atomic mass is 16.5. The molecule has 1 saturated heterocycles. The first-order valence-electron chi connectivity index (χ1n) is 8.51. The molecule has 0 aromatic rings. The molecule has 0 unspecified atom stereocenters. The highest BCUT2D eigenvalue weighted by Gasteiger charge is 2.47. The largest absolute Gasteiger partial charge is 0.451 e. The van der Waals surface area contributed by atoms with Gasteiger partial charge < -0.3 is 10.1 Å². The van der Waals surface area contributed by atoms with Crippen LogP contribution in [-0.4, -0.2) is 53.3 Å². The number of hydrogen-bond donors (Lipinski definition) is 2. The summed E-state index contributed by atoms with van der Waals surface area (Å²) in [6.07, 6.45) is 3.41. The number of fused-ring (bicyclic) bond motifs is 1. The summed E-state index contributed by atoms with van der Waals surface area (Å²) in [5.74, 6) is -3.33. The molecule has 142 valence electrons. The predicted molar refractivity (Wildman–Crippen MR) is 89.4 cm³/mol. The van der Waals surface area contributed by atoms with Crippen LogP contribution in [0, 0.1) is 11.8 Å². The van der Waals surface area contributed by atoms with Crippen LogP contribution in [-0.2, 0) is 23.9 Å². The molecular formula is C17H23N3O6. The number of carbonyl (C=O) groups excluding carboxylic acids is 5. The van der Waals surface area contributed by atoms with Gasteiger partial charge in [-0.2, -0.15) is 0 Å². The molecule has 9 heteroatoms. The van der Waals surface area contributed by atoms with Gasteiger partial charge in [0.15, 0.2) is 6.10 Å². The number of amides is 5. The van der Waals surface area contributed by atoms with E-state index in [1.165, 1.54) is 6.92 Å². The van der Waals surface area contributed by atoms with E-state index in [9.17, 15) is 24.0 Å². The minimum absolute atomic E-state index is 0.161. The van der Waals surface area contributed by atoms with Crippen LogP contribution in [0.4, 0.5) is 4.79 Å². The van der Waals surface area contributed by atoms with Crippen molar-refractivity contribution in [2.24, 2.45) is 11.8 Å². The fourth-order valence-electron chi connectivity index (χ4n) is 2.95. The second-order valence-corrected chi connectivity index (χ2v) is 6.67. The molecule has 1 aliphatic carbocycles. The van der Waals surface area contributed by atoms with E-state index in [0.717, 1.165) is 4.90 Å². The van der Waals surface area contributed by atoms with Gasteiger partial charge in [0.1, 0.15) is 6.54 Å². The highest BCUT2D eigenvalue weighted by Crippen LogP contribution is 2.34. The number of rotatable bonds is 5. The topological polar surface area (TPSA) is 122 Å². The van der Waals surface area contributed by atoms with E-state index in [1.807, 2.05) is 17.5 Å². The summed E-state index contributed by atoms with van der Waals surface area (Å²) in [5.41, 5.74) is 0. The Kier molecular flexibility index (Phi) is 6.12. The number of imide groups is 2. The Balaban J connectivity index is 1.86. The van der Waals surface area contributed by atoms with Crippen molar-refractivity contribution in [1.82, 2.24) is 15.5 Å². The first kappa shape index (κ1) is 19.6. The smallest absolute Gasteiger partial charge is 0.326 e. The average molecular weight is 365 g/mol. The molecule has 1 fully saturated rings. The van der Waals surface area contributed by atoms with Gasteiger partial charge >= 0.3 is 12.0 Å². The first-order chi connectivity index (χ1) is 12.2. The summed E-state index contributed by atoms with van der Waals surface area (Å²) in [7, 11) is 0. The van der Waals surface area contributed by atoms with Crippen molar-refractivity contribution < 1.29 is 28.7 Å². The SMILES string of the molecule is CC(C)NC(=O)NC(=O)[C@H](C)OC(=O)CN1C(=O)[C@H]2CC=CC[C@@H]2C1=O. The van der Waals surface area contributed by atoms with E-state index in [4.69, 9.17) is 4.74 Å². The van der Waals surface area contributed by atoms with Crippen LogP contribution >= 0.6 is 0 Å². The number of urea groups is 1. The number of allylic oxidation sites excluding steroid dienone is 2. The Morgan fingerprint density at radius 2 is 1.65 bits per heavy atom. The molecule has 0 bridgehead atoms. The van der Waals surface area contributed by atoms with Crippen molar-refractivity contribution in [3.8, 4) is 0 Å². The number of likely N-dealkylation sites (tertiary alicyclic amines) is 1. The predicted octanol–water partition coefficient (Wildman–Crippen LogP) is 0.104. The summed E-state index contributed by atoms with van der Waals surface area (Å²) in [5, 5.41) is 4.51. The molecule has 0 saturated carbocycles. The van der Waals surface area contributed by atoms with Crippen LogP contribution in [0.5, 0.6) is 0 Å². The van der Waals surface area contributed by atoms with E-state index in [1.54, 1.807) is 13.8 Å². The minimum atomic E-state index is -1.24. The van der Waals surface area contributed by atoms with E-state index in [0.29, 0.717) is 12.8 Å². The van der Waals surface area contributed by atoms with Gasteiger partial charge in [-0.05, 0) is 33.6 Å². The number of esters is 1. The molecule has 2 N–H and O–H groups in total. The standard InChI is InChI=1S/C17H23N3O6/c1-9(2)18-17(25)19-14(22)10(3)26-13(21)8-20-15(23)11-6-4-5-7-12(11)16(20)24/h4-5,9-12H,6-8H2,1-3H3,(H2,18,19,22,25)/t10-,11-,12-/m0/s1.